The van der Waals surface area contributed by atoms with Gasteiger partial charge in [0, 0.05) is 22.6 Å². The fourth-order valence-electron chi connectivity index (χ4n) is 2.44. The Labute approximate surface area is 138 Å². The predicted molar refractivity (Wildman–Crippen MR) is 88.4 cm³/mol. The van der Waals surface area contributed by atoms with Crippen molar-refractivity contribution >= 4 is 32.8 Å². The van der Waals surface area contributed by atoms with Gasteiger partial charge >= 0.3 is 5.97 Å². The first-order valence-electron chi connectivity index (χ1n) is 6.76. The van der Waals surface area contributed by atoms with Crippen LogP contribution in [0.1, 0.15) is 15.9 Å². The molecule has 0 atom stereocenters. The van der Waals surface area contributed by atoms with Crippen molar-refractivity contribution in [1.82, 2.24) is 4.57 Å². The van der Waals surface area contributed by atoms with E-state index in [0.29, 0.717) is 12.1 Å². The molecule has 2 aromatic carbocycles. The molecule has 1 aromatic heterocycles. The first-order chi connectivity index (χ1) is 11.0. The molecule has 23 heavy (non-hydrogen) atoms. The number of nitrogens with zero attached hydrogens (tertiary/aromatic N) is 1. The highest BCUT2D eigenvalue weighted by Gasteiger charge is 2.15. The molecule has 0 saturated heterocycles. The number of carbonyl (C=O) groups is 1. The molecule has 116 valence electrons. The Morgan fingerprint density at radius 3 is 2.52 bits per heavy atom. The summed E-state index contributed by atoms with van der Waals surface area (Å²) in [4.78, 5) is 23.5. The van der Waals surface area contributed by atoms with E-state index in [9.17, 15) is 19.1 Å². The maximum atomic E-state index is 13.5. The zero-order chi connectivity index (χ0) is 16.6. The highest BCUT2D eigenvalue weighted by molar-refractivity contribution is 9.10. The molecule has 0 fully saturated rings. The monoisotopic (exact) mass is 375 g/mol. The fourth-order valence-corrected chi connectivity index (χ4v) is 2.70. The number of fused-ring (bicyclic) bond motifs is 1. The maximum absolute atomic E-state index is 13.5. The number of carboxylic acids is 1. The lowest BCUT2D eigenvalue weighted by atomic mass is 10.1. The minimum absolute atomic E-state index is 0.0574. The van der Waals surface area contributed by atoms with Gasteiger partial charge in [0.2, 0.25) is 5.43 Å². The smallest absolute Gasteiger partial charge is 0.341 e. The van der Waals surface area contributed by atoms with E-state index in [1.807, 2.05) is 24.3 Å². The summed E-state index contributed by atoms with van der Waals surface area (Å²) < 4.78 is 16.0. The fraction of sp³-hybridized carbons (Fsp3) is 0.0588. The molecule has 3 aromatic rings. The largest absolute Gasteiger partial charge is 0.477 e. The molecule has 0 aliphatic rings. The lowest BCUT2D eigenvalue weighted by molar-refractivity contribution is 0.0695. The maximum Gasteiger partial charge on any atom is 0.341 e. The van der Waals surface area contributed by atoms with Crippen molar-refractivity contribution in [1.29, 1.82) is 0 Å². The van der Waals surface area contributed by atoms with Gasteiger partial charge in [-0.15, -0.1) is 0 Å². The van der Waals surface area contributed by atoms with Gasteiger partial charge in [-0.1, -0.05) is 28.1 Å². The quantitative estimate of drug-likeness (QED) is 0.759. The molecule has 0 saturated carbocycles. The second-order valence-corrected chi connectivity index (χ2v) is 6.01. The zero-order valence-electron chi connectivity index (χ0n) is 11.8. The van der Waals surface area contributed by atoms with E-state index in [1.165, 1.54) is 18.3 Å². The first-order valence-corrected chi connectivity index (χ1v) is 7.55. The van der Waals surface area contributed by atoms with Crippen LogP contribution in [-0.4, -0.2) is 15.6 Å². The van der Waals surface area contributed by atoms with E-state index in [1.54, 1.807) is 4.57 Å². The molecule has 0 unspecified atom stereocenters. The van der Waals surface area contributed by atoms with Crippen molar-refractivity contribution in [3.63, 3.8) is 0 Å². The van der Waals surface area contributed by atoms with E-state index in [4.69, 9.17) is 0 Å². The predicted octanol–water partition coefficient (Wildman–Crippen LogP) is 3.65. The molecule has 0 bridgehead atoms. The van der Waals surface area contributed by atoms with Gasteiger partial charge in [0.1, 0.15) is 11.4 Å². The number of pyridine rings is 1. The Hall–Kier alpha value is -2.47. The normalized spacial score (nSPS) is 10.9. The average Bonchev–Trinajstić information content (AvgIpc) is 2.52. The molecule has 1 heterocycles. The number of aromatic nitrogens is 1. The molecule has 6 heteroatoms. The van der Waals surface area contributed by atoms with Gasteiger partial charge in [0.05, 0.1) is 5.52 Å². The minimum atomic E-state index is -1.33. The number of hydrogen-bond donors (Lipinski definition) is 1. The third kappa shape index (κ3) is 3.03. The van der Waals surface area contributed by atoms with Gasteiger partial charge in [0.25, 0.3) is 0 Å². The summed E-state index contributed by atoms with van der Waals surface area (Å²) in [6, 6.07) is 11.3. The SMILES string of the molecule is O=C(O)c1cn(Cc2ccc(Br)cc2)c2ccc(F)cc2c1=O. The van der Waals surface area contributed by atoms with Crippen LogP contribution in [-0.2, 0) is 6.54 Å². The standard InChI is InChI=1S/C17H11BrFNO3/c18-11-3-1-10(2-4-11)8-20-9-14(17(22)23)16(21)13-7-12(19)5-6-15(13)20/h1-7,9H,8H2,(H,22,23). The van der Waals surface area contributed by atoms with Gasteiger partial charge in [-0.2, -0.15) is 0 Å². The number of aromatic carboxylic acids is 1. The molecule has 0 spiro atoms. The second-order valence-electron chi connectivity index (χ2n) is 5.09. The summed E-state index contributed by atoms with van der Waals surface area (Å²) in [6.45, 7) is 0.371. The van der Waals surface area contributed by atoms with Gasteiger partial charge < -0.3 is 9.67 Å². The van der Waals surface area contributed by atoms with Crippen LogP contribution in [0.15, 0.2) is 57.9 Å². The van der Waals surface area contributed by atoms with Crippen LogP contribution in [0.2, 0.25) is 0 Å². The number of hydrogen-bond acceptors (Lipinski definition) is 2. The van der Waals surface area contributed by atoms with Crippen molar-refractivity contribution in [2.24, 2.45) is 0 Å². The highest BCUT2D eigenvalue weighted by Crippen LogP contribution is 2.17. The third-order valence-corrected chi connectivity index (χ3v) is 4.07. The molecule has 0 radical (unpaired) electrons. The Kier molecular flexibility index (Phi) is 4.00. The van der Waals surface area contributed by atoms with Crippen LogP contribution in [0.5, 0.6) is 0 Å². The molecule has 3 rings (SSSR count). The van der Waals surface area contributed by atoms with Crippen LogP contribution in [0.4, 0.5) is 4.39 Å². The second kappa shape index (κ2) is 5.96. The summed E-state index contributed by atoms with van der Waals surface area (Å²) in [6.07, 6.45) is 1.30. The van der Waals surface area contributed by atoms with Crippen LogP contribution in [0, 0.1) is 5.82 Å². The average molecular weight is 376 g/mol. The summed E-state index contributed by atoms with van der Waals surface area (Å²) in [5.41, 5.74) is 0.363. The van der Waals surface area contributed by atoms with Crippen LogP contribution < -0.4 is 5.43 Å². The van der Waals surface area contributed by atoms with E-state index < -0.39 is 17.2 Å². The van der Waals surface area contributed by atoms with E-state index in [2.05, 4.69) is 15.9 Å². The molecule has 1 N–H and O–H groups in total. The van der Waals surface area contributed by atoms with Crippen molar-refractivity contribution in [2.45, 2.75) is 6.54 Å². The molecule has 0 aliphatic carbocycles. The van der Waals surface area contributed by atoms with Crippen LogP contribution in [0.25, 0.3) is 10.9 Å². The van der Waals surface area contributed by atoms with E-state index in [-0.39, 0.29) is 10.9 Å². The summed E-state index contributed by atoms with van der Waals surface area (Å²) in [5.74, 6) is -1.90. The number of halogens is 2. The number of rotatable bonds is 3. The van der Waals surface area contributed by atoms with E-state index >= 15 is 0 Å². The molecular formula is C17H11BrFNO3. The zero-order valence-corrected chi connectivity index (χ0v) is 13.4. The first kappa shape index (κ1) is 15.4. The van der Waals surface area contributed by atoms with Gasteiger partial charge in [-0.05, 0) is 35.9 Å². The van der Waals surface area contributed by atoms with Crippen LogP contribution in [0.3, 0.4) is 0 Å². The third-order valence-electron chi connectivity index (χ3n) is 3.54. The summed E-state index contributed by atoms with van der Waals surface area (Å²) >= 11 is 3.35. The lowest BCUT2D eigenvalue weighted by Gasteiger charge is -2.12. The van der Waals surface area contributed by atoms with Gasteiger partial charge in [0.15, 0.2) is 0 Å². The Balaban J connectivity index is 2.22. The molecule has 4 nitrogen and oxygen atoms in total. The minimum Gasteiger partial charge on any atom is -0.477 e. The van der Waals surface area contributed by atoms with Crippen molar-refractivity contribution in [3.8, 4) is 0 Å². The van der Waals surface area contributed by atoms with Crippen LogP contribution >= 0.6 is 15.9 Å². The van der Waals surface area contributed by atoms with Gasteiger partial charge in [-0.3, -0.25) is 4.79 Å². The Bertz CT molecular complexity index is 964. The molecule has 0 aliphatic heterocycles. The highest BCUT2D eigenvalue weighted by atomic mass is 79.9. The molecular weight excluding hydrogens is 365 g/mol. The van der Waals surface area contributed by atoms with Crippen molar-refractivity contribution in [2.75, 3.05) is 0 Å². The van der Waals surface area contributed by atoms with E-state index in [0.717, 1.165) is 16.1 Å². The summed E-state index contributed by atoms with van der Waals surface area (Å²) in [5, 5.41) is 9.27. The Morgan fingerprint density at radius 2 is 1.87 bits per heavy atom. The van der Waals surface area contributed by atoms with Crippen molar-refractivity contribution < 1.29 is 14.3 Å². The summed E-state index contributed by atoms with van der Waals surface area (Å²) in [7, 11) is 0. The topological polar surface area (TPSA) is 59.3 Å². The molecule has 0 amide bonds. The van der Waals surface area contributed by atoms with Crippen molar-refractivity contribution in [3.05, 3.63) is 80.3 Å². The number of carboxylic acid groups (broad SMARTS) is 1. The number of benzene rings is 2. The lowest BCUT2D eigenvalue weighted by Crippen LogP contribution is -2.19. The Morgan fingerprint density at radius 1 is 1.17 bits per heavy atom. The van der Waals surface area contributed by atoms with Gasteiger partial charge in [-0.25, -0.2) is 9.18 Å².